The Hall–Kier alpha value is -0.870. The monoisotopic (exact) mass is 251 g/mol. The van der Waals surface area contributed by atoms with Gasteiger partial charge < -0.3 is 10.2 Å². The van der Waals surface area contributed by atoms with Gasteiger partial charge in [0.25, 0.3) is 0 Å². The van der Waals surface area contributed by atoms with Crippen LogP contribution in [0.15, 0.2) is 12.7 Å². The molecule has 0 saturated carbocycles. The molecule has 2 aliphatic rings. The van der Waals surface area contributed by atoms with Crippen LogP contribution in [0.4, 0.5) is 0 Å². The van der Waals surface area contributed by atoms with Crippen molar-refractivity contribution >= 4 is 5.91 Å². The number of nitrogens with one attached hydrogen (secondary N) is 1. The van der Waals surface area contributed by atoms with E-state index in [2.05, 4.69) is 16.8 Å². The van der Waals surface area contributed by atoms with E-state index in [1.165, 1.54) is 32.4 Å². The van der Waals surface area contributed by atoms with Crippen molar-refractivity contribution in [1.82, 2.24) is 15.1 Å². The number of carbonyl (C=O) groups excluding carboxylic acids is 1. The molecule has 2 fully saturated rings. The van der Waals surface area contributed by atoms with Crippen LogP contribution in [0.25, 0.3) is 0 Å². The molecule has 2 aliphatic heterocycles. The van der Waals surface area contributed by atoms with Gasteiger partial charge in [0.2, 0.25) is 5.91 Å². The zero-order valence-corrected chi connectivity index (χ0v) is 11.2. The minimum absolute atomic E-state index is 0.237. The summed E-state index contributed by atoms with van der Waals surface area (Å²) in [6.45, 7) is 9.09. The van der Waals surface area contributed by atoms with E-state index in [1.807, 2.05) is 4.90 Å². The minimum atomic E-state index is 0.237. The van der Waals surface area contributed by atoms with Gasteiger partial charge in [-0.3, -0.25) is 9.69 Å². The van der Waals surface area contributed by atoms with Crippen LogP contribution in [0.5, 0.6) is 0 Å². The second-order valence-corrected chi connectivity index (χ2v) is 5.30. The molecular formula is C14H25N3O. The zero-order valence-electron chi connectivity index (χ0n) is 11.2. The highest BCUT2D eigenvalue weighted by molar-refractivity contribution is 5.78. The molecule has 2 saturated heterocycles. The number of amides is 1. The van der Waals surface area contributed by atoms with Gasteiger partial charge in [-0.25, -0.2) is 0 Å². The Kier molecular flexibility index (Phi) is 5.20. The number of carbonyl (C=O) groups is 1. The Morgan fingerprint density at radius 1 is 1.28 bits per heavy atom. The molecule has 0 spiro atoms. The van der Waals surface area contributed by atoms with E-state index in [0.29, 0.717) is 19.1 Å². The summed E-state index contributed by atoms with van der Waals surface area (Å²) >= 11 is 0. The first-order chi connectivity index (χ1) is 8.81. The standard InChI is InChI=1S/C14H25N3O/c1-2-7-15-11-14(18)17-10-5-6-13(12-17)16-8-3-4-9-16/h2,13,15H,1,3-12H2. The molecule has 4 heteroatoms. The van der Waals surface area contributed by atoms with Crippen molar-refractivity contribution < 1.29 is 4.79 Å². The Labute approximate surface area is 110 Å². The lowest BCUT2D eigenvalue weighted by Crippen LogP contribution is -2.50. The molecule has 0 aromatic rings. The first-order valence-corrected chi connectivity index (χ1v) is 7.14. The molecule has 4 nitrogen and oxygen atoms in total. The fourth-order valence-electron chi connectivity index (χ4n) is 2.98. The van der Waals surface area contributed by atoms with E-state index < -0.39 is 0 Å². The SMILES string of the molecule is C=CCNCC(=O)N1CCCC(N2CCCC2)C1. The summed E-state index contributed by atoms with van der Waals surface area (Å²) in [5, 5.41) is 3.09. The lowest BCUT2D eigenvalue weighted by molar-refractivity contribution is -0.132. The normalized spacial score (nSPS) is 25.3. The number of rotatable bonds is 5. The average Bonchev–Trinajstić information content (AvgIpc) is 2.93. The van der Waals surface area contributed by atoms with E-state index in [-0.39, 0.29) is 5.91 Å². The third-order valence-electron chi connectivity index (χ3n) is 3.97. The van der Waals surface area contributed by atoms with E-state index in [9.17, 15) is 4.79 Å². The highest BCUT2D eigenvalue weighted by atomic mass is 16.2. The van der Waals surface area contributed by atoms with Crippen molar-refractivity contribution in [2.24, 2.45) is 0 Å². The van der Waals surface area contributed by atoms with Gasteiger partial charge in [0, 0.05) is 25.7 Å². The summed E-state index contributed by atoms with van der Waals surface area (Å²) in [5.74, 6) is 0.237. The van der Waals surface area contributed by atoms with Crippen LogP contribution in [0.3, 0.4) is 0 Å². The van der Waals surface area contributed by atoms with Crippen molar-refractivity contribution in [3.8, 4) is 0 Å². The molecule has 1 unspecified atom stereocenters. The van der Waals surface area contributed by atoms with Crippen LogP contribution in [-0.4, -0.2) is 61.0 Å². The van der Waals surface area contributed by atoms with Crippen LogP contribution < -0.4 is 5.32 Å². The molecule has 102 valence electrons. The maximum atomic E-state index is 12.0. The lowest BCUT2D eigenvalue weighted by atomic mass is 10.0. The summed E-state index contributed by atoms with van der Waals surface area (Å²) in [4.78, 5) is 16.6. The summed E-state index contributed by atoms with van der Waals surface area (Å²) in [7, 11) is 0. The van der Waals surface area contributed by atoms with Crippen molar-refractivity contribution in [3.63, 3.8) is 0 Å². The van der Waals surface area contributed by atoms with Crippen molar-refractivity contribution in [2.75, 3.05) is 39.3 Å². The molecule has 0 aromatic carbocycles. The Balaban J connectivity index is 1.78. The Morgan fingerprint density at radius 3 is 2.78 bits per heavy atom. The van der Waals surface area contributed by atoms with E-state index in [4.69, 9.17) is 0 Å². The number of likely N-dealkylation sites (tertiary alicyclic amines) is 2. The fourth-order valence-corrected chi connectivity index (χ4v) is 2.98. The van der Waals surface area contributed by atoms with Gasteiger partial charge in [0.1, 0.15) is 0 Å². The molecule has 2 heterocycles. The van der Waals surface area contributed by atoms with Crippen molar-refractivity contribution in [3.05, 3.63) is 12.7 Å². The summed E-state index contributed by atoms with van der Waals surface area (Å²) in [5.41, 5.74) is 0. The summed E-state index contributed by atoms with van der Waals surface area (Å²) in [6.07, 6.45) is 6.84. The van der Waals surface area contributed by atoms with Crippen molar-refractivity contribution in [2.45, 2.75) is 31.7 Å². The number of hydrogen-bond donors (Lipinski definition) is 1. The Morgan fingerprint density at radius 2 is 2.06 bits per heavy atom. The molecule has 1 N–H and O–H groups in total. The third-order valence-corrected chi connectivity index (χ3v) is 3.97. The molecule has 0 aliphatic carbocycles. The highest BCUT2D eigenvalue weighted by Gasteiger charge is 2.28. The first-order valence-electron chi connectivity index (χ1n) is 7.14. The van der Waals surface area contributed by atoms with Crippen LogP contribution in [0, 0.1) is 0 Å². The van der Waals surface area contributed by atoms with Gasteiger partial charge >= 0.3 is 0 Å². The van der Waals surface area contributed by atoms with Crippen LogP contribution in [0.2, 0.25) is 0 Å². The largest absolute Gasteiger partial charge is 0.340 e. The molecule has 1 amide bonds. The van der Waals surface area contributed by atoms with Crippen molar-refractivity contribution in [1.29, 1.82) is 0 Å². The Bertz CT molecular complexity index is 287. The first kappa shape index (κ1) is 13.6. The van der Waals surface area contributed by atoms with Crippen LogP contribution in [0.1, 0.15) is 25.7 Å². The topological polar surface area (TPSA) is 35.6 Å². The van der Waals surface area contributed by atoms with Gasteiger partial charge in [-0.2, -0.15) is 0 Å². The van der Waals surface area contributed by atoms with Gasteiger partial charge in [-0.15, -0.1) is 6.58 Å². The number of nitrogens with zero attached hydrogens (tertiary/aromatic N) is 2. The van der Waals surface area contributed by atoms with Crippen LogP contribution in [-0.2, 0) is 4.79 Å². The average molecular weight is 251 g/mol. The molecule has 0 radical (unpaired) electrons. The molecular weight excluding hydrogens is 226 g/mol. The van der Waals surface area contributed by atoms with Gasteiger partial charge in [-0.05, 0) is 38.8 Å². The molecule has 2 rings (SSSR count). The third kappa shape index (κ3) is 3.56. The maximum absolute atomic E-state index is 12.0. The van der Waals surface area contributed by atoms with E-state index >= 15 is 0 Å². The second kappa shape index (κ2) is 6.90. The predicted molar refractivity (Wildman–Crippen MR) is 73.5 cm³/mol. The van der Waals surface area contributed by atoms with Gasteiger partial charge in [0.15, 0.2) is 0 Å². The molecule has 0 bridgehead atoms. The quantitative estimate of drug-likeness (QED) is 0.581. The molecule has 18 heavy (non-hydrogen) atoms. The van der Waals surface area contributed by atoms with Crippen LogP contribution >= 0.6 is 0 Å². The van der Waals surface area contributed by atoms with E-state index in [0.717, 1.165) is 19.5 Å². The lowest BCUT2D eigenvalue weighted by Gasteiger charge is -2.37. The summed E-state index contributed by atoms with van der Waals surface area (Å²) < 4.78 is 0. The van der Waals surface area contributed by atoms with Gasteiger partial charge in [-0.1, -0.05) is 6.08 Å². The van der Waals surface area contributed by atoms with Gasteiger partial charge in [0.05, 0.1) is 6.54 Å². The maximum Gasteiger partial charge on any atom is 0.236 e. The predicted octanol–water partition coefficient (Wildman–Crippen LogP) is 0.849. The minimum Gasteiger partial charge on any atom is -0.340 e. The van der Waals surface area contributed by atoms with E-state index in [1.54, 1.807) is 6.08 Å². The second-order valence-electron chi connectivity index (χ2n) is 5.30. The highest BCUT2D eigenvalue weighted by Crippen LogP contribution is 2.20. The molecule has 0 aromatic heterocycles. The fraction of sp³-hybridized carbons (Fsp3) is 0.786. The number of hydrogen-bond acceptors (Lipinski definition) is 3. The summed E-state index contributed by atoms with van der Waals surface area (Å²) in [6, 6.07) is 0.601. The molecule has 1 atom stereocenters. The zero-order chi connectivity index (χ0) is 12.8. The smallest absolute Gasteiger partial charge is 0.236 e. The number of piperidine rings is 1.